The van der Waals surface area contributed by atoms with E-state index >= 15 is 0 Å². The lowest BCUT2D eigenvalue weighted by atomic mass is 9.65. The van der Waals surface area contributed by atoms with Crippen LogP contribution < -0.4 is 4.72 Å². The molecule has 0 bridgehead atoms. The van der Waals surface area contributed by atoms with Crippen LogP contribution in [0.5, 0.6) is 0 Å². The Morgan fingerprint density at radius 3 is 2.44 bits per heavy atom. The van der Waals surface area contributed by atoms with Gasteiger partial charge in [0, 0.05) is 29.1 Å². The van der Waals surface area contributed by atoms with Crippen LogP contribution in [0, 0.1) is 32.7 Å². The van der Waals surface area contributed by atoms with E-state index in [1.807, 2.05) is 0 Å². The molecule has 1 aliphatic rings. The van der Waals surface area contributed by atoms with Crippen molar-refractivity contribution in [1.29, 1.82) is 5.26 Å². The van der Waals surface area contributed by atoms with E-state index in [9.17, 15) is 24.3 Å². The predicted octanol–water partition coefficient (Wildman–Crippen LogP) is 4.47. The molecule has 8 heteroatoms. The average molecular weight is 396 g/mol. The number of nitro groups is 1. The summed E-state index contributed by atoms with van der Waals surface area (Å²) in [5, 5.41) is 20.6. The van der Waals surface area contributed by atoms with E-state index in [0.29, 0.717) is 12.8 Å². The van der Waals surface area contributed by atoms with E-state index < -0.39 is 37.8 Å². The SMILES string of the molecule is CC(C)(C)[S+]([O-])N[C@](C)(CCC1(C#N)CCC1)c1cc([N+](=O)[O-])ccc1F. The number of nitrogens with one attached hydrogen (secondary N) is 1. The van der Waals surface area contributed by atoms with Crippen molar-refractivity contribution in [3.63, 3.8) is 0 Å². The molecule has 0 amide bonds. The van der Waals surface area contributed by atoms with Crippen LogP contribution in [0.3, 0.4) is 0 Å². The Morgan fingerprint density at radius 2 is 2.00 bits per heavy atom. The van der Waals surface area contributed by atoms with Crippen molar-refractivity contribution in [3.05, 3.63) is 39.7 Å². The Morgan fingerprint density at radius 1 is 1.37 bits per heavy atom. The van der Waals surface area contributed by atoms with Gasteiger partial charge in [0.25, 0.3) is 5.69 Å². The second kappa shape index (κ2) is 7.74. The summed E-state index contributed by atoms with van der Waals surface area (Å²) in [5.74, 6) is -0.596. The molecule has 1 saturated carbocycles. The number of rotatable bonds is 7. The first-order chi connectivity index (χ1) is 12.4. The van der Waals surface area contributed by atoms with Gasteiger partial charge in [-0.05, 0) is 59.4 Å². The van der Waals surface area contributed by atoms with Crippen LogP contribution in [-0.2, 0) is 16.9 Å². The van der Waals surface area contributed by atoms with Gasteiger partial charge in [-0.2, -0.15) is 5.26 Å². The van der Waals surface area contributed by atoms with Crippen LogP contribution in [0.25, 0.3) is 0 Å². The normalized spacial score (nSPS) is 19.4. The lowest BCUT2D eigenvalue weighted by molar-refractivity contribution is -0.385. The number of non-ortho nitro benzene ring substituents is 1. The van der Waals surface area contributed by atoms with Gasteiger partial charge in [-0.1, -0.05) is 6.42 Å². The van der Waals surface area contributed by atoms with E-state index in [1.54, 1.807) is 27.7 Å². The van der Waals surface area contributed by atoms with Gasteiger partial charge in [0.2, 0.25) is 0 Å². The van der Waals surface area contributed by atoms with Gasteiger partial charge in [-0.25, -0.2) is 4.39 Å². The monoisotopic (exact) mass is 395 g/mol. The number of hydrogen-bond donors (Lipinski definition) is 1. The molecule has 27 heavy (non-hydrogen) atoms. The molecule has 1 fully saturated rings. The average Bonchev–Trinajstić information content (AvgIpc) is 2.53. The van der Waals surface area contributed by atoms with Crippen molar-refractivity contribution >= 4 is 17.0 Å². The molecule has 0 saturated heterocycles. The van der Waals surface area contributed by atoms with Crippen molar-refractivity contribution < 1.29 is 13.9 Å². The standard InChI is InChI=1S/C19H26FN3O3S/c1-17(2,3)27(26)22-18(4,10-11-19(13-21)8-5-9-19)15-12-14(23(24)25)6-7-16(15)20/h6-7,12,22H,5,8-11H2,1-4H3/t18-,27?/m1/s1. The van der Waals surface area contributed by atoms with E-state index in [0.717, 1.165) is 31.4 Å². The van der Waals surface area contributed by atoms with Gasteiger partial charge in [0.1, 0.15) is 10.6 Å². The molecule has 2 rings (SSSR count). The minimum Gasteiger partial charge on any atom is -0.598 e. The van der Waals surface area contributed by atoms with Gasteiger partial charge in [-0.3, -0.25) is 10.1 Å². The van der Waals surface area contributed by atoms with E-state index in [-0.39, 0.29) is 11.3 Å². The summed E-state index contributed by atoms with van der Waals surface area (Å²) in [7, 11) is 0. The molecule has 1 N–H and O–H groups in total. The van der Waals surface area contributed by atoms with Crippen molar-refractivity contribution in [3.8, 4) is 6.07 Å². The zero-order valence-electron chi connectivity index (χ0n) is 16.2. The molecule has 148 valence electrons. The van der Waals surface area contributed by atoms with Crippen molar-refractivity contribution in [2.24, 2.45) is 5.41 Å². The van der Waals surface area contributed by atoms with Crippen LogP contribution in [0.1, 0.15) is 65.4 Å². The number of nitro benzene ring substituents is 1. The molecule has 1 unspecified atom stereocenters. The third-order valence-electron chi connectivity index (χ3n) is 5.28. The second-order valence-corrected chi connectivity index (χ2v) is 10.4. The van der Waals surface area contributed by atoms with E-state index in [1.165, 1.54) is 6.07 Å². The lowest BCUT2D eigenvalue weighted by Crippen LogP contribution is -2.51. The quantitative estimate of drug-likeness (QED) is 0.417. The molecule has 1 aliphatic carbocycles. The fraction of sp³-hybridized carbons (Fsp3) is 0.632. The molecule has 0 aliphatic heterocycles. The fourth-order valence-corrected chi connectivity index (χ4v) is 4.09. The molecule has 0 heterocycles. The zero-order chi connectivity index (χ0) is 20.5. The highest BCUT2D eigenvalue weighted by Gasteiger charge is 2.43. The third-order valence-corrected chi connectivity index (χ3v) is 7.03. The van der Waals surface area contributed by atoms with Crippen LogP contribution >= 0.6 is 0 Å². The first kappa shape index (κ1) is 21.6. The Balaban J connectivity index is 2.41. The summed E-state index contributed by atoms with van der Waals surface area (Å²) in [5.41, 5.74) is -1.67. The molecular weight excluding hydrogens is 369 g/mol. The third kappa shape index (κ3) is 4.78. The predicted molar refractivity (Wildman–Crippen MR) is 103 cm³/mol. The number of nitriles is 1. The fourth-order valence-electron chi connectivity index (χ4n) is 3.16. The number of benzene rings is 1. The van der Waals surface area contributed by atoms with Gasteiger partial charge in [0.15, 0.2) is 0 Å². The summed E-state index contributed by atoms with van der Waals surface area (Å²) >= 11 is -1.52. The van der Waals surface area contributed by atoms with E-state index in [2.05, 4.69) is 10.8 Å². The first-order valence-corrected chi connectivity index (χ1v) is 10.1. The van der Waals surface area contributed by atoms with Crippen LogP contribution in [0.4, 0.5) is 10.1 Å². The van der Waals surface area contributed by atoms with Crippen LogP contribution in [-0.4, -0.2) is 14.2 Å². The Kier molecular flexibility index (Phi) is 6.19. The van der Waals surface area contributed by atoms with Crippen LogP contribution in [0.15, 0.2) is 18.2 Å². The second-order valence-electron chi connectivity index (χ2n) is 8.48. The number of nitrogens with zero attached hydrogens (tertiary/aromatic N) is 2. The summed E-state index contributed by atoms with van der Waals surface area (Å²) in [6.07, 6.45) is 3.42. The minimum absolute atomic E-state index is 0.0988. The molecule has 1 aromatic rings. The molecule has 0 radical (unpaired) electrons. The van der Waals surface area contributed by atoms with Gasteiger partial charge >= 0.3 is 0 Å². The van der Waals surface area contributed by atoms with Crippen molar-refractivity contribution in [1.82, 2.24) is 4.72 Å². The summed E-state index contributed by atoms with van der Waals surface area (Å²) in [4.78, 5) is 10.6. The van der Waals surface area contributed by atoms with E-state index in [4.69, 9.17) is 0 Å². The lowest BCUT2D eigenvalue weighted by Gasteiger charge is -2.40. The highest BCUT2D eigenvalue weighted by atomic mass is 32.2. The summed E-state index contributed by atoms with van der Waals surface area (Å²) < 4.78 is 29.8. The molecule has 1 aromatic carbocycles. The largest absolute Gasteiger partial charge is 0.598 e. The molecular formula is C19H26FN3O3S. The summed E-state index contributed by atoms with van der Waals surface area (Å²) in [6.45, 7) is 7.08. The molecule has 2 atom stereocenters. The zero-order valence-corrected chi connectivity index (χ0v) is 17.0. The smallest absolute Gasteiger partial charge is 0.269 e. The molecule has 0 spiro atoms. The van der Waals surface area contributed by atoms with Crippen molar-refractivity contribution in [2.45, 2.75) is 70.1 Å². The van der Waals surface area contributed by atoms with Gasteiger partial charge < -0.3 is 4.55 Å². The maximum Gasteiger partial charge on any atom is 0.269 e. The minimum atomic E-state index is -1.52. The van der Waals surface area contributed by atoms with Gasteiger partial charge in [-0.15, -0.1) is 4.72 Å². The Labute approximate surface area is 162 Å². The molecule has 0 aromatic heterocycles. The van der Waals surface area contributed by atoms with Crippen LogP contribution in [0.2, 0.25) is 0 Å². The Bertz CT molecular complexity index is 756. The maximum atomic E-state index is 14.6. The highest BCUT2D eigenvalue weighted by molar-refractivity contribution is 7.90. The number of hydrogen-bond acceptors (Lipinski definition) is 5. The highest BCUT2D eigenvalue weighted by Crippen LogP contribution is 2.47. The maximum absolute atomic E-state index is 14.6. The molecule has 6 nitrogen and oxygen atoms in total. The first-order valence-electron chi connectivity index (χ1n) is 8.98. The topological polar surface area (TPSA) is 102 Å². The summed E-state index contributed by atoms with van der Waals surface area (Å²) in [6, 6.07) is 5.74. The van der Waals surface area contributed by atoms with Gasteiger partial charge in [0.05, 0.1) is 21.9 Å². The van der Waals surface area contributed by atoms with Crippen molar-refractivity contribution in [2.75, 3.05) is 0 Å². The Hall–Kier alpha value is -1.69. The number of halogens is 1.